The van der Waals surface area contributed by atoms with Crippen LogP contribution in [0.2, 0.25) is 0 Å². The lowest BCUT2D eigenvalue weighted by Gasteiger charge is -2.31. The largest absolute Gasteiger partial charge is 0.493 e. The van der Waals surface area contributed by atoms with Crippen LogP contribution in [-0.2, 0) is 0 Å². The van der Waals surface area contributed by atoms with Gasteiger partial charge in [0.2, 0.25) is 0 Å². The summed E-state index contributed by atoms with van der Waals surface area (Å²) in [5.41, 5.74) is 1.86. The first kappa shape index (κ1) is 56.0. The van der Waals surface area contributed by atoms with E-state index in [1.54, 1.807) is 0 Å². The van der Waals surface area contributed by atoms with Crippen LogP contribution in [0.4, 0.5) is 22.7 Å². The van der Waals surface area contributed by atoms with Gasteiger partial charge in [-0.25, -0.2) is 0 Å². The highest BCUT2D eigenvalue weighted by Crippen LogP contribution is 2.42. The van der Waals surface area contributed by atoms with Gasteiger partial charge in [-0.05, 0) is 38.5 Å². The van der Waals surface area contributed by atoms with Gasteiger partial charge in [0.1, 0.15) is 0 Å². The van der Waals surface area contributed by atoms with Crippen LogP contribution in [0, 0.1) is 52.3 Å². The van der Waals surface area contributed by atoms with Crippen LogP contribution >= 0.6 is 0 Å². The summed E-state index contributed by atoms with van der Waals surface area (Å²) in [6.07, 6.45) is -0.761. The number of hydrazine groups is 3. The number of Topliss-reactive ketones (excluding diaryl/α,β-unsaturated/α-hetero) is 2. The second-order valence-electron chi connectivity index (χ2n) is 16.1. The summed E-state index contributed by atoms with van der Waals surface area (Å²) in [7, 11) is 9.64. The monoisotopic (exact) mass is 1040 g/mol. The molecule has 2 amide bonds. The van der Waals surface area contributed by atoms with Crippen molar-refractivity contribution in [2.45, 2.75) is 38.5 Å². The summed E-state index contributed by atoms with van der Waals surface area (Å²) in [5.74, 6) is -6.98. The number of amides is 2. The fourth-order valence-corrected chi connectivity index (χ4v) is 8.38. The molecule has 4 aromatic rings. The van der Waals surface area contributed by atoms with Gasteiger partial charge < -0.3 is 37.9 Å². The zero-order valence-corrected chi connectivity index (χ0v) is 41.3. The number of benzene rings is 4. The Kier molecular flexibility index (Phi) is 18.9. The van der Waals surface area contributed by atoms with Gasteiger partial charge in [-0.1, -0.05) is 0 Å². The molecule has 1 saturated heterocycles. The van der Waals surface area contributed by atoms with Crippen molar-refractivity contribution in [3.05, 3.63) is 111 Å². The van der Waals surface area contributed by atoms with E-state index in [1.807, 2.05) is 0 Å². The van der Waals surface area contributed by atoms with Crippen molar-refractivity contribution in [1.29, 1.82) is 0 Å². The van der Waals surface area contributed by atoms with Gasteiger partial charge in [-0.15, -0.1) is 11.1 Å². The molecule has 2 atom stereocenters. The number of carbonyl (C=O) groups excluding carboxylic acids is 4. The smallest absolute Gasteiger partial charge is 0.274 e. The molecule has 0 spiro atoms. The van der Waals surface area contributed by atoms with Crippen LogP contribution in [0.5, 0.6) is 46.0 Å². The molecule has 0 aromatic heterocycles. The number of ketones is 2. The Morgan fingerprint density at radius 1 is 0.419 bits per heavy atom. The van der Waals surface area contributed by atoms with Crippen molar-refractivity contribution >= 4 is 46.1 Å². The van der Waals surface area contributed by atoms with Gasteiger partial charge in [0.25, 0.3) is 34.6 Å². The zero-order valence-electron chi connectivity index (χ0n) is 41.3. The summed E-state index contributed by atoms with van der Waals surface area (Å²) < 4.78 is 43.3. The second-order valence-corrected chi connectivity index (χ2v) is 16.1. The predicted octanol–water partition coefficient (Wildman–Crippen LogP) is 6.25. The topological polar surface area (TPSA) is 345 Å². The van der Waals surface area contributed by atoms with E-state index in [1.165, 1.54) is 56.9 Å². The Morgan fingerprint density at radius 3 is 0.919 bits per heavy atom. The van der Waals surface area contributed by atoms with Crippen LogP contribution in [-0.4, -0.2) is 123 Å². The molecule has 0 saturated carbocycles. The highest BCUT2D eigenvalue weighted by atomic mass is 16.6. The number of nitro groups is 4. The fourth-order valence-electron chi connectivity index (χ4n) is 8.38. The summed E-state index contributed by atoms with van der Waals surface area (Å²) >= 11 is 0. The number of nitrogens with zero attached hydrogens (tertiary/aromatic N) is 6. The molecule has 5 rings (SSSR count). The van der Waals surface area contributed by atoms with Gasteiger partial charge in [-0.3, -0.25) is 69.7 Å². The molecule has 28 heteroatoms. The van der Waals surface area contributed by atoms with Crippen LogP contribution < -0.4 is 49.0 Å². The third kappa shape index (κ3) is 12.2. The molecule has 396 valence electrons. The van der Waals surface area contributed by atoms with Crippen molar-refractivity contribution in [3.63, 3.8) is 0 Å². The van der Waals surface area contributed by atoms with Gasteiger partial charge in [0, 0.05) is 49.2 Å². The lowest BCUT2D eigenvalue weighted by Crippen LogP contribution is -2.58. The van der Waals surface area contributed by atoms with E-state index in [-0.39, 0.29) is 109 Å². The number of non-ortho nitro benzene ring substituents is 4. The van der Waals surface area contributed by atoms with Crippen molar-refractivity contribution in [3.8, 4) is 46.0 Å². The number of carbonyl (C=O) groups is 4. The fraction of sp³-hybridized carbons (Fsp3) is 0.391. The molecular weight excluding hydrogens is 985 g/mol. The number of ether oxygens (including phenoxy) is 8. The Balaban J connectivity index is 1.71. The van der Waals surface area contributed by atoms with Gasteiger partial charge >= 0.3 is 0 Å². The lowest BCUT2D eigenvalue weighted by molar-refractivity contribution is -0.385. The van der Waals surface area contributed by atoms with E-state index < -0.39 is 88.8 Å². The molecule has 1 aliphatic rings. The van der Waals surface area contributed by atoms with Crippen LogP contribution in [0.3, 0.4) is 0 Å². The highest BCUT2D eigenvalue weighted by Gasteiger charge is 2.35. The standard InChI is InChI=1S/C46H52N8O20/c1-67-35-21-27(51(59)60)17-31(41(35)71-5)39(55)25-11-9-15-49(45(57)33-19-29(53(63)64)23-37(69-3)43(33)73-7)47-48-50(46(58)34-20-30(54(65)66)24-38(70-4)44(34)74-8)16-10-12-26(14-13-25)40(56)32-18-28(52(61)62)22-36(68-2)42(32)72-6/h17-26,47-48H,9-16H2,1-8H3. The number of hydrogen-bond donors (Lipinski definition) is 2. The Morgan fingerprint density at radius 2 is 0.676 bits per heavy atom. The highest BCUT2D eigenvalue weighted by molar-refractivity contribution is 6.03. The Hall–Kier alpha value is -8.92. The molecule has 0 bridgehead atoms. The molecule has 1 heterocycles. The van der Waals surface area contributed by atoms with Crippen LogP contribution in [0.15, 0.2) is 48.5 Å². The lowest BCUT2D eigenvalue weighted by atomic mass is 9.82. The predicted molar refractivity (Wildman–Crippen MR) is 256 cm³/mol. The number of methoxy groups -OCH3 is 8. The van der Waals surface area contributed by atoms with Crippen LogP contribution in [0.25, 0.3) is 0 Å². The summed E-state index contributed by atoms with van der Waals surface area (Å²) in [6.45, 7) is -0.746. The molecule has 74 heavy (non-hydrogen) atoms. The summed E-state index contributed by atoms with van der Waals surface area (Å²) in [4.78, 5) is 104. The van der Waals surface area contributed by atoms with E-state index in [2.05, 4.69) is 11.1 Å². The number of rotatable bonds is 18. The molecular formula is C46H52N8O20. The minimum absolute atomic E-state index is 0.113. The van der Waals surface area contributed by atoms with E-state index in [9.17, 15) is 59.6 Å². The number of nitro benzene ring substituents is 4. The van der Waals surface area contributed by atoms with Gasteiger partial charge in [0.15, 0.2) is 57.6 Å². The van der Waals surface area contributed by atoms with Gasteiger partial charge in [-0.2, -0.15) is 0 Å². The maximum absolute atomic E-state index is 14.9. The van der Waals surface area contributed by atoms with E-state index >= 15 is 0 Å². The first-order valence-electron chi connectivity index (χ1n) is 22.2. The normalized spacial score (nSPS) is 15.4. The summed E-state index contributed by atoms with van der Waals surface area (Å²) in [6, 6.07) is 8.07. The van der Waals surface area contributed by atoms with Crippen LogP contribution in [0.1, 0.15) is 80.0 Å². The zero-order chi connectivity index (χ0) is 54.6. The van der Waals surface area contributed by atoms with Gasteiger partial charge in [0.05, 0.1) is 123 Å². The molecule has 2 unspecified atom stereocenters. The number of hydrogen-bond acceptors (Lipinski definition) is 22. The molecule has 2 N–H and O–H groups in total. The SMILES string of the molecule is COc1cc([N+](=O)[O-])cc(C(=O)C2CCCN(C(=O)c3cc([N+](=O)[O-])cc(OC)c3OC)NNN(C(=O)c3cc([N+](=O)[O-])cc(OC)c3OC)CCCC(C(=O)c3cc([N+](=O)[O-])cc(OC)c3OC)CC2)c1OC. The third-order valence-corrected chi connectivity index (χ3v) is 12.0. The summed E-state index contributed by atoms with van der Waals surface area (Å²) in [5, 5.41) is 50.1. The average molecular weight is 1040 g/mol. The van der Waals surface area contributed by atoms with Crippen molar-refractivity contribution in [1.82, 2.24) is 21.1 Å². The minimum Gasteiger partial charge on any atom is -0.493 e. The average Bonchev–Trinajstić information content (AvgIpc) is 3.40. The van der Waals surface area contributed by atoms with E-state index in [4.69, 9.17) is 37.9 Å². The maximum atomic E-state index is 14.9. The first-order valence-corrected chi connectivity index (χ1v) is 22.2. The van der Waals surface area contributed by atoms with Crippen molar-refractivity contribution in [2.75, 3.05) is 70.0 Å². The number of nitrogens with one attached hydrogen (secondary N) is 2. The van der Waals surface area contributed by atoms with E-state index in [0.29, 0.717) is 0 Å². The Labute approximate surface area is 420 Å². The molecule has 4 aromatic carbocycles. The molecule has 0 radical (unpaired) electrons. The molecule has 1 fully saturated rings. The molecule has 1 aliphatic heterocycles. The minimum atomic E-state index is -1.11. The third-order valence-electron chi connectivity index (χ3n) is 12.0. The molecule has 28 nitrogen and oxygen atoms in total. The second kappa shape index (κ2) is 25.0. The Bertz CT molecular complexity index is 2470. The maximum Gasteiger partial charge on any atom is 0.274 e. The van der Waals surface area contributed by atoms with E-state index in [0.717, 1.165) is 58.5 Å². The van der Waals surface area contributed by atoms with Crippen molar-refractivity contribution in [2.24, 2.45) is 11.8 Å². The molecule has 0 aliphatic carbocycles. The quantitative estimate of drug-likeness (QED) is 0.0631. The first-order chi connectivity index (χ1) is 35.3. The van der Waals surface area contributed by atoms with Crippen molar-refractivity contribution < 1.29 is 76.8 Å².